The molecule has 0 aliphatic rings. The van der Waals surface area contributed by atoms with Crippen molar-refractivity contribution in [2.45, 2.75) is 26.4 Å². The van der Waals surface area contributed by atoms with Crippen LogP contribution in [-0.2, 0) is 4.79 Å². The van der Waals surface area contributed by atoms with Crippen LogP contribution >= 0.6 is 0 Å². The largest absolute Gasteiger partial charge is 0.296 e. The minimum atomic E-state index is -2.20. The van der Waals surface area contributed by atoms with Gasteiger partial charge in [0.1, 0.15) is 0 Å². The van der Waals surface area contributed by atoms with Gasteiger partial charge in [0.15, 0.2) is 5.78 Å². The van der Waals surface area contributed by atoms with Gasteiger partial charge in [0.05, 0.1) is 4.92 Å². The van der Waals surface area contributed by atoms with Gasteiger partial charge in [-0.2, -0.15) is 0 Å². The molecule has 19 heavy (non-hydrogen) atoms. The van der Waals surface area contributed by atoms with Crippen LogP contribution < -0.4 is 0 Å². The first kappa shape index (κ1) is 14.9. The van der Waals surface area contributed by atoms with Gasteiger partial charge in [-0.3, -0.25) is 19.7 Å². The number of nitrogens with zero attached hydrogens (tertiary/aromatic N) is 1. The lowest BCUT2D eigenvalue weighted by atomic mass is 9.98. The van der Waals surface area contributed by atoms with Crippen molar-refractivity contribution in [1.29, 1.82) is 0 Å². The topological polar surface area (TPSA) is 77.3 Å². The molecule has 0 saturated carbocycles. The van der Waals surface area contributed by atoms with E-state index in [0.29, 0.717) is 0 Å². The zero-order chi connectivity index (χ0) is 14.6. The molecular formula is C13H14FNO4. The van der Waals surface area contributed by atoms with Crippen molar-refractivity contribution < 1.29 is 18.9 Å². The number of ketones is 2. The van der Waals surface area contributed by atoms with E-state index in [-0.39, 0.29) is 23.6 Å². The fraction of sp³-hybridized carbons (Fsp3) is 0.385. The van der Waals surface area contributed by atoms with Crippen molar-refractivity contribution in [2.24, 2.45) is 5.92 Å². The second-order valence-corrected chi connectivity index (χ2v) is 4.60. The molecule has 0 spiro atoms. The Labute approximate surface area is 109 Å². The van der Waals surface area contributed by atoms with Crippen LogP contribution in [0.3, 0.4) is 0 Å². The number of Topliss-reactive ketones (excluding diaryl/α,β-unsaturated/α-hetero) is 2. The molecule has 0 bridgehead atoms. The molecule has 0 N–H and O–H groups in total. The molecular weight excluding hydrogens is 253 g/mol. The summed E-state index contributed by atoms with van der Waals surface area (Å²) in [4.78, 5) is 32.9. The lowest BCUT2D eigenvalue weighted by Gasteiger charge is -2.08. The third-order valence-electron chi connectivity index (χ3n) is 2.48. The molecule has 0 fully saturated rings. The van der Waals surface area contributed by atoms with E-state index in [2.05, 4.69) is 0 Å². The Balaban J connectivity index is 2.82. The first-order chi connectivity index (χ1) is 8.82. The van der Waals surface area contributed by atoms with E-state index < -0.39 is 22.7 Å². The number of nitro groups is 1. The molecule has 1 unspecified atom stereocenters. The average molecular weight is 267 g/mol. The van der Waals surface area contributed by atoms with Crippen LogP contribution in [0.15, 0.2) is 24.3 Å². The highest BCUT2D eigenvalue weighted by atomic mass is 19.1. The average Bonchev–Trinajstić information content (AvgIpc) is 2.36. The van der Waals surface area contributed by atoms with Crippen LogP contribution in [0.5, 0.6) is 0 Å². The second kappa shape index (κ2) is 6.17. The predicted molar refractivity (Wildman–Crippen MR) is 66.8 cm³/mol. The predicted octanol–water partition coefficient (Wildman–Crippen LogP) is 2.73. The van der Waals surface area contributed by atoms with Gasteiger partial charge in [0.25, 0.3) is 5.69 Å². The van der Waals surface area contributed by atoms with Gasteiger partial charge >= 0.3 is 0 Å². The lowest BCUT2D eigenvalue weighted by molar-refractivity contribution is -0.384. The third kappa shape index (κ3) is 3.94. The van der Waals surface area contributed by atoms with Gasteiger partial charge in [-0.1, -0.05) is 13.8 Å². The van der Waals surface area contributed by atoms with Gasteiger partial charge in [0.2, 0.25) is 12.0 Å². The summed E-state index contributed by atoms with van der Waals surface area (Å²) in [5.74, 6) is -1.76. The Morgan fingerprint density at radius 3 is 2.21 bits per heavy atom. The Morgan fingerprint density at radius 2 is 1.79 bits per heavy atom. The summed E-state index contributed by atoms with van der Waals surface area (Å²) >= 11 is 0. The summed E-state index contributed by atoms with van der Waals surface area (Å²) in [5.41, 5.74) is -0.240. The number of hydrogen-bond donors (Lipinski definition) is 0. The van der Waals surface area contributed by atoms with E-state index in [0.717, 1.165) is 24.3 Å². The smallest absolute Gasteiger partial charge is 0.269 e. The Bertz CT molecular complexity index is 496. The van der Waals surface area contributed by atoms with E-state index in [4.69, 9.17) is 0 Å². The van der Waals surface area contributed by atoms with Gasteiger partial charge in [-0.25, -0.2) is 4.39 Å². The number of carbonyl (C=O) groups is 2. The highest BCUT2D eigenvalue weighted by Gasteiger charge is 2.27. The normalized spacial score (nSPS) is 12.2. The number of halogens is 1. The summed E-state index contributed by atoms with van der Waals surface area (Å²) in [6.45, 7) is 3.50. The molecule has 102 valence electrons. The summed E-state index contributed by atoms with van der Waals surface area (Å²) in [5, 5.41) is 10.4. The van der Waals surface area contributed by atoms with E-state index in [9.17, 15) is 24.1 Å². The standard InChI is InChI=1S/C13H14FNO4/c1-8(2)7-11(16)12(14)13(17)9-3-5-10(6-4-9)15(18)19/h3-6,8,12H,7H2,1-2H3. The minimum absolute atomic E-state index is 0.0140. The van der Waals surface area contributed by atoms with Crippen LogP contribution in [0, 0.1) is 16.0 Å². The number of carbonyl (C=O) groups excluding carboxylic acids is 2. The van der Waals surface area contributed by atoms with Gasteiger partial charge in [-0.05, 0) is 18.1 Å². The quantitative estimate of drug-likeness (QED) is 0.343. The fourth-order valence-electron chi connectivity index (χ4n) is 1.55. The molecule has 0 saturated heterocycles. The zero-order valence-corrected chi connectivity index (χ0v) is 10.6. The Morgan fingerprint density at radius 1 is 1.26 bits per heavy atom. The second-order valence-electron chi connectivity index (χ2n) is 4.60. The highest BCUT2D eigenvalue weighted by Crippen LogP contribution is 2.16. The van der Waals surface area contributed by atoms with E-state index in [1.807, 2.05) is 0 Å². The summed E-state index contributed by atoms with van der Waals surface area (Å²) < 4.78 is 13.7. The summed E-state index contributed by atoms with van der Waals surface area (Å²) in [6, 6.07) is 4.51. The van der Waals surface area contributed by atoms with Gasteiger partial charge in [0, 0.05) is 24.1 Å². The van der Waals surface area contributed by atoms with Crippen molar-refractivity contribution in [3.8, 4) is 0 Å². The molecule has 0 aliphatic heterocycles. The Hall–Kier alpha value is -2.11. The molecule has 1 aromatic carbocycles. The van der Waals surface area contributed by atoms with Crippen molar-refractivity contribution in [3.05, 3.63) is 39.9 Å². The number of benzene rings is 1. The molecule has 0 aromatic heterocycles. The van der Waals surface area contributed by atoms with Crippen LogP contribution in [0.2, 0.25) is 0 Å². The van der Waals surface area contributed by atoms with Crippen LogP contribution in [-0.4, -0.2) is 22.7 Å². The van der Waals surface area contributed by atoms with Gasteiger partial charge < -0.3 is 0 Å². The third-order valence-corrected chi connectivity index (χ3v) is 2.48. The number of nitro benzene ring substituents is 1. The minimum Gasteiger partial charge on any atom is -0.296 e. The van der Waals surface area contributed by atoms with Crippen LogP contribution in [0.4, 0.5) is 10.1 Å². The molecule has 1 rings (SSSR count). The number of alkyl halides is 1. The van der Waals surface area contributed by atoms with E-state index >= 15 is 0 Å². The monoisotopic (exact) mass is 267 g/mol. The zero-order valence-electron chi connectivity index (χ0n) is 10.6. The SMILES string of the molecule is CC(C)CC(=O)C(F)C(=O)c1ccc([N+](=O)[O-])cc1. The van der Waals surface area contributed by atoms with E-state index in [1.165, 1.54) is 0 Å². The molecule has 0 radical (unpaired) electrons. The van der Waals surface area contributed by atoms with E-state index in [1.54, 1.807) is 13.8 Å². The van der Waals surface area contributed by atoms with Gasteiger partial charge in [-0.15, -0.1) is 0 Å². The molecule has 6 heteroatoms. The Kier molecular flexibility index (Phi) is 4.86. The molecule has 0 amide bonds. The van der Waals surface area contributed by atoms with Crippen molar-refractivity contribution in [1.82, 2.24) is 0 Å². The van der Waals surface area contributed by atoms with Crippen molar-refractivity contribution in [3.63, 3.8) is 0 Å². The number of non-ortho nitro benzene ring substituents is 1. The maximum absolute atomic E-state index is 13.7. The lowest BCUT2D eigenvalue weighted by Crippen LogP contribution is -2.26. The van der Waals surface area contributed by atoms with Crippen molar-refractivity contribution in [2.75, 3.05) is 0 Å². The molecule has 1 aromatic rings. The summed E-state index contributed by atoms with van der Waals surface area (Å²) in [6.07, 6.45) is -2.22. The molecule has 5 nitrogen and oxygen atoms in total. The number of hydrogen-bond acceptors (Lipinski definition) is 4. The molecule has 1 atom stereocenters. The van der Waals surface area contributed by atoms with Crippen LogP contribution in [0.25, 0.3) is 0 Å². The first-order valence-electron chi connectivity index (χ1n) is 5.78. The number of rotatable bonds is 6. The first-order valence-corrected chi connectivity index (χ1v) is 5.78. The maximum Gasteiger partial charge on any atom is 0.269 e. The summed E-state index contributed by atoms with van der Waals surface area (Å²) in [7, 11) is 0. The molecule has 0 aliphatic carbocycles. The maximum atomic E-state index is 13.7. The molecule has 0 heterocycles. The van der Waals surface area contributed by atoms with Crippen LogP contribution in [0.1, 0.15) is 30.6 Å². The fourth-order valence-corrected chi connectivity index (χ4v) is 1.55. The highest BCUT2D eigenvalue weighted by molar-refractivity contribution is 6.13. The van der Waals surface area contributed by atoms with Crippen molar-refractivity contribution >= 4 is 17.3 Å².